The van der Waals surface area contributed by atoms with E-state index in [1.54, 1.807) is 0 Å². The van der Waals surface area contributed by atoms with E-state index in [-0.39, 0.29) is 12.8 Å². The second kappa shape index (κ2) is 10.2. The number of aliphatic carboxylic acids is 1. The lowest BCUT2D eigenvalue weighted by atomic mass is 10.1. The molecule has 0 aliphatic carbocycles. The summed E-state index contributed by atoms with van der Waals surface area (Å²) in [5.74, 6) is -3.92. The summed E-state index contributed by atoms with van der Waals surface area (Å²) in [7, 11) is 0. The summed E-state index contributed by atoms with van der Waals surface area (Å²) in [6.45, 7) is 2.19. The third-order valence-electron chi connectivity index (χ3n) is 2.90. The molecule has 0 aromatic rings. The number of hydrogen-bond donors (Lipinski definition) is 6. The third-order valence-corrected chi connectivity index (χ3v) is 2.90. The first-order valence-electron chi connectivity index (χ1n) is 7.18. The minimum Gasteiger partial charge on any atom is -0.480 e. The maximum Gasteiger partial charge on any atom is 0.325 e. The molecule has 0 fully saturated rings. The highest BCUT2D eigenvalue weighted by Crippen LogP contribution is 1.98. The van der Waals surface area contributed by atoms with E-state index in [1.165, 1.54) is 13.8 Å². The summed E-state index contributed by atoms with van der Waals surface area (Å²) in [4.78, 5) is 56.6. The number of primary amides is 1. The molecular weight excluding hydrogens is 322 g/mol. The van der Waals surface area contributed by atoms with Gasteiger partial charge in [-0.2, -0.15) is 0 Å². The van der Waals surface area contributed by atoms with Gasteiger partial charge in [0, 0.05) is 6.42 Å². The summed E-state index contributed by atoms with van der Waals surface area (Å²) >= 11 is 0. The van der Waals surface area contributed by atoms with E-state index >= 15 is 0 Å². The lowest BCUT2D eigenvalue weighted by molar-refractivity contribution is -0.141. The topological polar surface area (TPSA) is 194 Å². The Balaban J connectivity index is 4.62. The predicted molar refractivity (Wildman–Crippen MR) is 82.3 cm³/mol. The average Bonchev–Trinajstić information content (AvgIpc) is 2.48. The van der Waals surface area contributed by atoms with Crippen LogP contribution < -0.4 is 27.4 Å². The number of hydrogen-bond acceptors (Lipinski definition) is 6. The highest BCUT2D eigenvalue weighted by Gasteiger charge is 2.23. The zero-order valence-corrected chi connectivity index (χ0v) is 13.5. The Kier molecular flexibility index (Phi) is 9.02. The molecule has 3 atom stereocenters. The molecule has 11 nitrogen and oxygen atoms in total. The van der Waals surface area contributed by atoms with Crippen LogP contribution in [0.2, 0.25) is 0 Å². The Morgan fingerprint density at radius 1 is 1.04 bits per heavy atom. The Hall–Kier alpha value is -2.69. The number of carboxylic acid groups (broad SMARTS) is 1. The van der Waals surface area contributed by atoms with Gasteiger partial charge in [0.15, 0.2) is 0 Å². The van der Waals surface area contributed by atoms with Crippen molar-refractivity contribution in [2.24, 2.45) is 11.5 Å². The average molecular weight is 345 g/mol. The van der Waals surface area contributed by atoms with Gasteiger partial charge in [-0.1, -0.05) is 0 Å². The Morgan fingerprint density at radius 3 is 2.08 bits per heavy atom. The Labute approximate surface area is 138 Å². The van der Waals surface area contributed by atoms with Gasteiger partial charge in [0.25, 0.3) is 0 Å². The Morgan fingerprint density at radius 2 is 1.62 bits per heavy atom. The van der Waals surface area contributed by atoms with Crippen molar-refractivity contribution >= 4 is 29.6 Å². The van der Waals surface area contributed by atoms with Crippen LogP contribution in [0.3, 0.4) is 0 Å². The minimum atomic E-state index is -1.22. The van der Waals surface area contributed by atoms with Gasteiger partial charge in [0.1, 0.15) is 12.1 Å². The van der Waals surface area contributed by atoms with E-state index in [0.29, 0.717) is 0 Å². The maximum atomic E-state index is 12.0. The number of rotatable bonds is 10. The molecule has 0 saturated heterocycles. The van der Waals surface area contributed by atoms with Crippen LogP contribution in [0.4, 0.5) is 0 Å². The molecule has 0 aromatic carbocycles. The van der Waals surface area contributed by atoms with Crippen LogP contribution in [0, 0.1) is 0 Å². The molecule has 0 radical (unpaired) electrons. The van der Waals surface area contributed by atoms with E-state index < -0.39 is 54.3 Å². The van der Waals surface area contributed by atoms with Crippen LogP contribution in [-0.2, 0) is 24.0 Å². The van der Waals surface area contributed by atoms with Crippen molar-refractivity contribution in [1.29, 1.82) is 0 Å². The largest absolute Gasteiger partial charge is 0.480 e. The monoisotopic (exact) mass is 345 g/mol. The van der Waals surface area contributed by atoms with Crippen LogP contribution in [0.15, 0.2) is 0 Å². The van der Waals surface area contributed by atoms with Crippen molar-refractivity contribution in [2.45, 2.75) is 44.8 Å². The van der Waals surface area contributed by atoms with Crippen molar-refractivity contribution in [3.8, 4) is 0 Å². The maximum absolute atomic E-state index is 12.0. The van der Waals surface area contributed by atoms with Crippen LogP contribution in [-0.4, -0.2) is 59.4 Å². The second-order valence-electron chi connectivity index (χ2n) is 5.20. The first-order valence-corrected chi connectivity index (χ1v) is 7.18. The van der Waals surface area contributed by atoms with E-state index in [4.69, 9.17) is 16.6 Å². The molecule has 136 valence electrons. The predicted octanol–water partition coefficient (Wildman–Crippen LogP) is -3.21. The van der Waals surface area contributed by atoms with E-state index in [0.717, 1.165) is 0 Å². The zero-order valence-electron chi connectivity index (χ0n) is 13.5. The van der Waals surface area contributed by atoms with E-state index in [2.05, 4.69) is 16.0 Å². The van der Waals surface area contributed by atoms with Crippen molar-refractivity contribution in [1.82, 2.24) is 16.0 Å². The number of nitrogens with one attached hydrogen (secondary N) is 3. The second-order valence-corrected chi connectivity index (χ2v) is 5.20. The highest BCUT2D eigenvalue weighted by molar-refractivity contribution is 5.92. The lowest BCUT2D eigenvalue weighted by Crippen LogP contribution is -2.53. The van der Waals surface area contributed by atoms with Crippen molar-refractivity contribution in [2.75, 3.05) is 6.54 Å². The zero-order chi connectivity index (χ0) is 18.9. The molecule has 0 aliphatic heterocycles. The van der Waals surface area contributed by atoms with Gasteiger partial charge < -0.3 is 32.5 Å². The molecular formula is C13H23N5O6. The van der Waals surface area contributed by atoms with Gasteiger partial charge in [0.2, 0.25) is 23.6 Å². The molecule has 0 aromatic heterocycles. The van der Waals surface area contributed by atoms with Crippen molar-refractivity contribution in [3.05, 3.63) is 0 Å². The lowest BCUT2D eigenvalue weighted by Gasteiger charge is -2.19. The molecule has 8 N–H and O–H groups in total. The molecule has 24 heavy (non-hydrogen) atoms. The summed E-state index contributed by atoms with van der Waals surface area (Å²) in [6.07, 6.45) is -0.216. The summed E-state index contributed by atoms with van der Waals surface area (Å²) in [6, 6.07) is -3.08. The van der Waals surface area contributed by atoms with Gasteiger partial charge in [-0.05, 0) is 20.3 Å². The quantitative estimate of drug-likeness (QED) is 0.240. The van der Waals surface area contributed by atoms with E-state index in [1.807, 2.05) is 0 Å². The van der Waals surface area contributed by atoms with Crippen LogP contribution in [0.5, 0.6) is 0 Å². The first kappa shape index (κ1) is 21.3. The van der Waals surface area contributed by atoms with E-state index in [9.17, 15) is 24.0 Å². The molecule has 0 bridgehead atoms. The standard InChI is InChI=1S/C13H23N5O6/c1-6(14)11(21)18-8(3-4-9(15)19)12(22)16-5-10(20)17-7(2)13(23)24/h6-8H,3-5,14H2,1-2H3,(H2,15,19)(H,16,22)(H,17,20)(H,18,21)(H,23,24). The summed E-state index contributed by atoms with van der Waals surface area (Å²) < 4.78 is 0. The van der Waals surface area contributed by atoms with Gasteiger partial charge in [-0.3, -0.25) is 24.0 Å². The molecule has 4 amide bonds. The van der Waals surface area contributed by atoms with Crippen molar-refractivity contribution in [3.63, 3.8) is 0 Å². The number of amides is 4. The van der Waals surface area contributed by atoms with Gasteiger partial charge in [-0.15, -0.1) is 0 Å². The third kappa shape index (κ3) is 8.68. The van der Waals surface area contributed by atoms with Crippen LogP contribution in [0.25, 0.3) is 0 Å². The highest BCUT2D eigenvalue weighted by atomic mass is 16.4. The minimum absolute atomic E-state index is 0.0627. The normalized spacial score (nSPS) is 14.0. The van der Waals surface area contributed by atoms with Crippen LogP contribution >= 0.6 is 0 Å². The molecule has 0 spiro atoms. The van der Waals surface area contributed by atoms with Crippen LogP contribution in [0.1, 0.15) is 26.7 Å². The number of carbonyl (C=O) groups is 5. The van der Waals surface area contributed by atoms with Crippen molar-refractivity contribution < 1.29 is 29.1 Å². The fourth-order valence-corrected chi connectivity index (χ4v) is 1.50. The molecule has 0 aliphatic rings. The molecule has 0 heterocycles. The summed E-state index contributed by atoms with van der Waals surface area (Å²) in [5.41, 5.74) is 10.4. The molecule has 3 unspecified atom stereocenters. The first-order chi connectivity index (χ1) is 11.0. The molecule has 0 rings (SSSR count). The molecule has 11 heteroatoms. The Bertz CT molecular complexity index is 507. The number of carboxylic acids is 1. The molecule has 0 saturated carbocycles. The van der Waals surface area contributed by atoms with Gasteiger partial charge in [-0.25, -0.2) is 0 Å². The number of carbonyl (C=O) groups excluding carboxylic acids is 4. The fourth-order valence-electron chi connectivity index (χ4n) is 1.50. The van der Waals surface area contributed by atoms with Gasteiger partial charge in [0.05, 0.1) is 12.6 Å². The van der Waals surface area contributed by atoms with Gasteiger partial charge >= 0.3 is 5.97 Å². The fraction of sp³-hybridized carbons (Fsp3) is 0.615. The smallest absolute Gasteiger partial charge is 0.325 e. The number of nitrogens with two attached hydrogens (primary N) is 2. The summed E-state index contributed by atoms with van der Waals surface area (Å²) in [5, 5.41) is 15.4. The SMILES string of the molecule is CC(N)C(=O)NC(CCC(N)=O)C(=O)NCC(=O)NC(C)C(=O)O.